The van der Waals surface area contributed by atoms with Crippen LogP contribution in [0.25, 0.3) is 232 Å². The van der Waals surface area contributed by atoms with Crippen molar-refractivity contribution < 1.29 is 0 Å². The van der Waals surface area contributed by atoms with E-state index in [9.17, 15) is 0 Å². The topological polar surface area (TPSA) is 116 Å². The normalized spacial score (nSPS) is 11.2. The predicted molar refractivity (Wildman–Crippen MR) is 564 cm³/mol. The molecular formula is C123H81N9Se3. The van der Waals surface area contributed by atoms with Crippen molar-refractivity contribution in [3.63, 3.8) is 0 Å². The van der Waals surface area contributed by atoms with Crippen molar-refractivity contribution >= 4 is 107 Å². The summed E-state index contributed by atoms with van der Waals surface area (Å²) in [5.74, 6) is 5.99. The van der Waals surface area contributed by atoms with Crippen LogP contribution in [-0.4, -0.2) is 91.4 Å². The SMILES string of the molecule is [SeH]c1c(-c2cccc(-c3cccc4ccccc34)c2)cccc1-c1nc(-c2ccccc2)nc(-c2ccccc2)n1.[SeH]c1c(-c2cccc(-c3nc(-c4ccccc4)nc(-c4ccccc4)n3)c2)cccc1-c1cccc2c(-c3ccccc3)cccc12.c1ccc(-c2nc(-c3ccccc3)nc(-c3cccc4c3[se]c3c(-c5ccc(-c6ccccc6)c6ccccc56)cccc34)n2)cc1. The molecule has 0 saturated carbocycles. The molecule has 0 radical (unpaired) electrons. The minimum absolute atomic E-state index is 0.0451. The quantitative estimate of drug-likeness (QED) is 0.0872. The molecule has 4 heterocycles. The molecular weight excluding hydrogens is 1840 g/mol. The van der Waals surface area contributed by atoms with Gasteiger partial charge in [-0.3, -0.25) is 0 Å². The molecule has 0 aliphatic rings. The summed E-state index contributed by atoms with van der Waals surface area (Å²) in [6.45, 7) is 0. The zero-order valence-corrected chi connectivity index (χ0v) is 78.4. The predicted octanol–water partition coefficient (Wildman–Crippen LogP) is 28.2. The van der Waals surface area contributed by atoms with Crippen LogP contribution in [0.15, 0.2) is 479 Å². The zero-order valence-electron chi connectivity index (χ0n) is 72.9. The summed E-state index contributed by atoms with van der Waals surface area (Å²) in [4.78, 5) is 44.7. The summed E-state index contributed by atoms with van der Waals surface area (Å²) in [5.41, 5.74) is 25.6. The van der Waals surface area contributed by atoms with E-state index >= 15 is 0 Å². The molecule has 12 heteroatoms. The van der Waals surface area contributed by atoms with Crippen LogP contribution in [0.4, 0.5) is 0 Å². The van der Waals surface area contributed by atoms with E-state index in [1.54, 1.807) is 0 Å². The van der Waals surface area contributed by atoms with Gasteiger partial charge in [-0.1, -0.05) is 0 Å². The number of rotatable bonds is 16. The Bertz CT molecular complexity index is 8310. The molecule has 4 aromatic heterocycles. The monoisotopic (exact) mass is 1920 g/mol. The van der Waals surface area contributed by atoms with Crippen molar-refractivity contribution in [3.8, 4) is 180 Å². The molecule has 636 valence electrons. The van der Waals surface area contributed by atoms with E-state index in [0.717, 1.165) is 76.8 Å². The van der Waals surface area contributed by atoms with Gasteiger partial charge in [0.2, 0.25) is 0 Å². The summed E-state index contributed by atoms with van der Waals surface area (Å²) in [6, 6.07) is 167. The van der Waals surface area contributed by atoms with Crippen molar-refractivity contribution in [1.82, 2.24) is 44.9 Å². The van der Waals surface area contributed by atoms with Crippen molar-refractivity contribution in [2.75, 3.05) is 0 Å². The molecule has 24 aromatic rings. The van der Waals surface area contributed by atoms with E-state index in [1.165, 1.54) is 112 Å². The van der Waals surface area contributed by atoms with Crippen LogP contribution in [-0.2, 0) is 0 Å². The van der Waals surface area contributed by atoms with E-state index < -0.39 is 0 Å². The zero-order chi connectivity index (χ0) is 90.3. The van der Waals surface area contributed by atoms with Crippen LogP contribution in [0.3, 0.4) is 0 Å². The standard InChI is InChI=1S/C43H27N3Se.C43H29N3Se.C37H25N3Se/c1-4-14-28(15-5-1)31-26-27-34(33-21-11-10-20-32(31)33)35-22-12-23-36-37-24-13-25-38(40(37)47-39(35)36)43-45-41(29-16-6-2-7-17-29)44-42(46-43)30-18-8-3-9-19-30;47-40-35(23-12-27-39(40)38-26-13-24-36-34(22-11-25-37(36)38)29-14-4-1-5-15-29)32-20-10-21-33(28-32)43-45-41(30-16-6-2-7-17-30)44-42(46-43)31-18-8-3-9-19-31;41-34-32(29-19-9-18-28(24-29)31-21-10-17-25-12-7-8-20-30(25)31)22-11-23-33(34)37-39-35(26-13-3-1-4-14-26)38-36(40-37)27-15-5-2-6-16-27/h1-27H;1-28,47H;1-24,41H. The van der Waals surface area contributed by atoms with Crippen molar-refractivity contribution in [2.45, 2.75) is 0 Å². The Morgan fingerprint density at radius 3 is 0.800 bits per heavy atom. The number of nitrogens with zero attached hydrogens (tertiary/aromatic N) is 9. The summed E-state index contributed by atoms with van der Waals surface area (Å²) in [5, 5.41) is 10.1. The van der Waals surface area contributed by atoms with Gasteiger partial charge in [-0.2, -0.15) is 0 Å². The summed E-state index contributed by atoms with van der Waals surface area (Å²) < 4.78 is 4.96. The van der Waals surface area contributed by atoms with Gasteiger partial charge in [-0.05, 0) is 0 Å². The summed E-state index contributed by atoms with van der Waals surface area (Å²) in [6.07, 6.45) is 0. The van der Waals surface area contributed by atoms with Gasteiger partial charge in [0.15, 0.2) is 0 Å². The molecule has 135 heavy (non-hydrogen) atoms. The summed E-state index contributed by atoms with van der Waals surface area (Å²) in [7, 11) is 0. The van der Waals surface area contributed by atoms with Crippen LogP contribution < -0.4 is 8.92 Å². The van der Waals surface area contributed by atoms with Crippen LogP contribution in [0.2, 0.25) is 0 Å². The first-order valence-corrected chi connectivity index (χ1v) is 48.4. The van der Waals surface area contributed by atoms with Gasteiger partial charge in [0, 0.05) is 0 Å². The van der Waals surface area contributed by atoms with E-state index in [1.807, 2.05) is 158 Å². The molecule has 9 nitrogen and oxygen atoms in total. The van der Waals surface area contributed by atoms with Gasteiger partial charge in [0.05, 0.1) is 0 Å². The van der Waals surface area contributed by atoms with E-state index in [2.05, 4.69) is 354 Å². The first-order valence-electron chi connectivity index (χ1n) is 44.8. The Morgan fingerprint density at radius 2 is 0.356 bits per heavy atom. The molecule has 0 unspecified atom stereocenters. The Kier molecular flexibility index (Phi) is 23.9. The molecule has 0 bridgehead atoms. The molecule has 0 atom stereocenters. The minimum atomic E-state index is 0.0451. The fourth-order valence-corrected chi connectivity index (χ4v) is 22.4. The van der Waals surface area contributed by atoms with Crippen LogP contribution in [0.5, 0.6) is 0 Å². The molecule has 0 saturated heterocycles. The molecule has 24 rings (SSSR count). The number of fused-ring (bicyclic) bond motifs is 6. The molecule has 0 aliphatic carbocycles. The van der Waals surface area contributed by atoms with Crippen molar-refractivity contribution in [3.05, 3.63) is 479 Å². The van der Waals surface area contributed by atoms with E-state index in [4.69, 9.17) is 44.9 Å². The second-order valence-corrected chi connectivity index (χ2v) is 36.8. The number of aromatic nitrogens is 9. The average molecular weight is 1920 g/mol. The first-order chi connectivity index (χ1) is 66.8. The Labute approximate surface area is 804 Å². The third-order valence-electron chi connectivity index (χ3n) is 24.5. The molecule has 0 aliphatic heterocycles. The second-order valence-electron chi connectivity index (χ2n) is 32.8. The molecule has 0 N–H and O–H groups in total. The van der Waals surface area contributed by atoms with Gasteiger partial charge >= 0.3 is 812 Å². The van der Waals surface area contributed by atoms with Gasteiger partial charge in [0.1, 0.15) is 0 Å². The third kappa shape index (κ3) is 17.4. The summed E-state index contributed by atoms with van der Waals surface area (Å²) >= 11 is 5.62. The molecule has 0 amide bonds. The van der Waals surface area contributed by atoms with Crippen molar-refractivity contribution in [1.29, 1.82) is 0 Å². The maximum atomic E-state index is 5.09. The second kappa shape index (κ2) is 38.3. The molecule has 0 spiro atoms. The van der Waals surface area contributed by atoms with Gasteiger partial charge < -0.3 is 0 Å². The molecule has 20 aromatic carbocycles. The van der Waals surface area contributed by atoms with E-state index in [0.29, 0.717) is 52.4 Å². The fourth-order valence-electron chi connectivity index (χ4n) is 17.9. The number of hydrogen-bond donors (Lipinski definition) is 0. The Balaban J connectivity index is 0.000000118. The van der Waals surface area contributed by atoms with Crippen LogP contribution in [0.1, 0.15) is 0 Å². The maximum absolute atomic E-state index is 5.09. The molecule has 0 fully saturated rings. The van der Waals surface area contributed by atoms with Crippen LogP contribution >= 0.6 is 0 Å². The average Bonchev–Trinajstić information content (AvgIpc) is 1.64. The Hall–Kier alpha value is -16.2. The van der Waals surface area contributed by atoms with Gasteiger partial charge in [0.25, 0.3) is 0 Å². The number of hydrogen-bond acceptors (Lipinski definition) is 9. The van der Waals surface area contributed by atoms with Crippen molar-refractivity contribution in [2.24, 2.45) is 0 Å². The van der Waals surface area contributed by atoms with Crippen LogP contribution in [0, 0.1) is 0 Å². The fraction of sp³-hybridized carbons (Fsp3) is 0. The Morgan fingerprint density at radius 1 is 0.133 bits per heavy atom. The number of benzene rings is 20. The third-order valence-corrected chi connectivity index (χ3v) is 29.2. The van der Waals surface area contributed by atoms with Gasteiger partial charge in [-0.25, -0.2) is 0 Å². The van der Waals surface area contributed by atoms with E-state index in [-0.39, 0.29) is 14.5 Å². The first kappa shape index (κ1) is 84.3. The van der Waals surface area contributed by atoms with Gasteiger partial charge in [-0.15, -0.1) is 0 Å².